The second kappa shape index (κ2) is 5.36. The van der Waals surface area contributed by atoms with Gasteiger partial charge in [0, 0.05) is 5.02 Å². The van der Waals surface area contributed by atoms with Crippen LogP contribution in [0, 0.1) is 0 Å². The SMILES string of the molecule is CC(O/N=C/c1cccc(Cl)c1)C(=O)O. The molecule has 1 N–H and O–H groups in total. The summed E-state index contributed by atoms with van der Waals surface area (Å²) in [5.74, 6) is -1.06. The van der Waals surface area contributed by atoms with E-state index in [1.54, 1.807) is 24.3 Å². The van der Waals surface area contributed by atoms with E-state index in [-0.39, 0.29) is 0 Å². The molecule has 0 saturated heterocycles. The molecule has 0 bridgehead atoms. The summed E-state index contributed by atoms with van der Waals surface area (Å²) in [6, 6.07) is 6.98. The second-order valence-electron chi connectivity index (χ2n) is 2.88. The van der Waals surface area contributed by atoms with Gasteiger partial charge in [-0.05, 0) is 24.6 Å². The van der Waals surface area contributed by atoms with E-state index < -0.39 is 12.1 Å². The molecule has 0 heterocycles. The molecule has 0 radical (unpaired) electrons. The third-order valence-corrected chi connectivity index (χ3v) is 1.85. The van der Waals surface area contributed by atoms with Crippen LogP contribution in [0.25, 0.3) is 0 Å². The van der Waals surface area contributed by atoms with Gasteiger partial charge in [0.15, 0.2) is 0 Å². The Morgan fingerprint density at radius 1 is 1.67 bits per heavy atom. The molecule has 0 amide bonds. The summed E-state index contributed by atoms with van der Waals surface area (Å²) < 4.78 is 0. The van der Waals surface area contributed by atoms with E-state index in [4.69, 9.17) is 16.7 Å². The standard InChI is InChI=1S/C10H10ClNO3/c1-7(10(13)14)15-12-6-8-3-2-4-9(11)5-8/h2-7H,1H3,(H,13,14)/b12-6+. The molecule has 1 rings (SSSR count). The van der Waals surface area contributed by atoms with Crippen molar-refractivity contribution in [2.24, 2.45) is 5.16 Å². The van der Waals surface area contributed by atoms with Crippen LogP contribution < -0.4 is 0 Å². The molecule has 0 aliphatic heterocycles. The fraction of sp³-hybridized carbons (Fsp3) is 0.200. The Hall–Kier alpha value is -1.55. The Balaban J connectivity index is 2.55. The molecule has 15 heavy (non-hydrogen) atoms. The van der Waals surface area contributed by atoms with Crippen molar-refractivity contribution < 1.29 is 14.7 Å². The zero-order valence-corrected chi connectivity index (χ0v) is 8.81. The van der Waals surface area contributed by atoms with Crippen LogP contribution in [0.15, 0.2) is 29.4 Å². The number of rotatable bonds is 4. The highest BCUT2D eigenvalue weighted by atomic mass is 35.5. The first-order chi connectivity index (χ1) is 7.09. The third kappa shape index (κ3) is 3.99. The monoisotopic (exact) mass is 227 g/mol. The van der Waals surface area contributed by atoms with E-state index in [1.165, 1.54) is 13.1 Å². The highest BCUT2D eigenvalue weighted by molar-refractivity contribution is 6.30. The van der Waals surface area contributed by atoms with Gasteiger partial charge in [-0.15, -0.1) is 0 Å². The molecule has 1 aromatic carbocycles. The van der Waals surface area contributed by atoms with Gasteiger partial charge in [0.25, 0.3) is 0 Å². The first-order valence-corrected chi connectivity index (χ1v) is 4.65. The van der Waals surface area contributed by atoms with Crippen molar-refractivity contribution in [3.63, 3.8) is 0 Å². The van der Waals surface area contributed by atoms with Crippen LogP contribution in [0.5, 0.6) is 0 Å². The molecule has 4 nitrogen and oxygen atoms in total. The lowest BCUT2D eigenvalue weighted by Gasteiger charge is -2.02. The average Bonchev–Trinajstić information content (AvgIpc) is 2.17. The number of halogens is 1. The van der Waals surface area contributed by atoms with E-state index in [9.17, 15) is 4.79 Å². The molecule has 0 spiro atoms. The number of carboxylic acid groups (broad SMARTS) is 1. The smallest absolute Gasteiger partial charge is 0.347 e. The predicted molar refractivity (Wildman–Crippen MR) is 57.2 cm³/mol. The topological polar surface area (TPSA) is 58.9 Å². The quantitative estimate of drug-likeness (QED) is 0.634. The summed E-state index contributed by atoms with van der Waals surface area (Å²) in [5.41, 5.74) is 0.750. The van der Waals surface area contributed by atoms with Gasteiger partial charge in [0.1, 0.15) is 0 Å². The molecule has 0 saturated carbocycles. The molecule has 5 heteroatoms. The highest BCUT2D eigenvalue weighted by Gasteiger charge is 2.10. The number of aliphatic carboxylic acids is 1. The third-order valence-electron chi connectivity index (χ3n) is 1.62. The van der Waals surface area contributed by atoms with Gasteiger partial charge >= 0.3 is 5.97 Å². The minimum Gasteiger partial charge on any atom is -0.478 e. The fourth-order valence-electron chi connectivity index (χ4n) is 0.815. The minimum absolute atomic E-state index is 0.588. The molecule has 1 aromatic rings. The van der Waals surface area contributed by atoms with Crippen molar-refractivity contribution >= 4 is 23.8 Å². The lowest BCUT2D eigenvalue weighted by molar-refractivity contribution is -0.149. The van der Waals surface area contributed by atoms with Gasteiger partial charge in [-0.2, -0.15) is 0 Å². The molecule has 1 atom stereocenters. The first kappa shape index (κ1) is 11.5. The molecule has 0 aliphatic carbocycles. The number of carbonyl (C=O) groups is 1. The van der Waals surface area contributed by atoms with Gasteiger partial charge in [-0.25, -0.2) is 4.79 Å². The van der Waals surface area contributed by atoms with Crippen LogP contribution in [0.1, 0.15) is 12.5 Å². The zero-order valence-electron chi connectivity index (χ0n) is 8.05. The molecule has 0 aromatic heterocycles. The van der Waals surface area contributed by atoms with E-state index in [2.05, 4.69) is 9.99 Å². The molecule has 0 aliphatic rings. The number of hydrogen-bond donors (Lipinski definition) is 1. The van der Waals surface area contributed by atoms with Crippen molar-refractivity contribution in [1.82, 2.24) is 0 Å². The average molecular weight is 228 g/mol. The molecular formula is C10H10ClNO3. The van der Waals surface area contributed by atoms with Crippen LogP contribution in [0.4, 0.5) is 0 Å². The maximum absolute atomic E-state index is 10.4. The van der Waals surface area contributed by atoms with Gasteiger partial charge in [0.2, 0.25) is 6.10 Å². The summed E-state index contributed by atoms with van der Waals surface area (Å²) in [5, 5.41) is 12.6. The Morgan fingerprint density at radius 3 is 3.00 bits per heavy atom. The normalized spacial score (nSPS) is 12.7. The zero-order chi connectivity index (χ0) is 11.3. The number of benzene rings is 1. The maximum Gasteiger partial charge on any atom is 0.347 e. The number of carboxylic acids is 1. The summed E-state index contributed by atoms with van der Waals surface area (Å²) in [4.78, 5) is 15.0. The molecular weight excluding hydrogens is 218 g/mol. The Kier molecular flexibility index (Phi) is 4.12. The van der Waals surface area contributed by atoms with Crippen LogP contribution in [0.2, 0.25) is 5.02 Å². The van der Waals surface area contributed by atoms with Crippen molar-refractivity contribution in [1.29, 1.82) is 0 Å². The van der Waals surface area contributed by atoms with Gasteiger partial charge in [-0.1, -0.05) is 28.9 Å². The summed E-state index contributed by atoms with van der Waals surface area (Å²) in [7, 11) is 0. The molecule has 80 valence electrons. The molecule has 1 unspecified atom stereocenters. The maximum atomic E-state index is 10.4. The summed E-state index contributed by atoms with van der Waals surface area (Å²) >= 11 is 5.74. The second-order valence-corrected chi connectivity index (χ2v) is 3.31. The van der Waals surface area contributed by atoms with Crippen LogP contribution in [0.3, 0.4) is 0 Å². The van der Waals surface area contributed by atoms with Crippen molar-refractivity contribution in [3.8, 4) is 0 Å². The number of hydrogen-bond acceptors (Lipinski definition) is 3. The van der Waals surface area contributed by atoms with Crippen molar-refractivity contribution in [2.45, 2.75) is 13.0 Å². The Morgan fingerprint density at radius 2 is 2.40 bits per heavy atom. The number of oxime groups is 1. The van der Waals surface area contributed by atoms with Gasteiger partial charge in [-0.3, -0.25) is 0 Å². The molecule has 0 fully saturated rings. The van der Waals surface area contributed by atoms with E-state index in [0.29, 0.717) is 5.02 Å². The number of nitrogens with zero attached hydrogens (tertiary/aromatic N) is 1. The van der Waals surface area contributed by atoms with Crippen LogP contribution in [-0.4, -0.2) is 23.4 Å². The Bertz CT molecular complexity index is 379. The van der Waals surface area contributed by atoms with Gasteiger partial charge in [0.05, 0.1) is 6.21 Å². The summed E-state index contributed by atoms with van der Waals surface area (Å²) in [6.45, 7) is 1.40. The van der Waals surface area contributed by atoms with Crippen LogP contribution in [-0.2, 0) is 9.63 Å². The largest absolute Gasteiger partial charge is 0.478 e. The highest BCUT2D eigenvalue weighted by Crippen LogP contribution is 2.08. The van der Waals surface area contributed by atoms with Gasteiger partial charge < -0.3 is 9.94 Å². The predicted octanol–water partition coefficient (Wildman–Crippen LogP) is 2.16. The Labute approximate surface area is 92.1 Å². The van der Waals surface area contributed by atoms with E-state index in [0.717, 1.165) is 5.56 Å². The van der Waals surface area contributed by atoms with Crippen molar-refractivity contribution in [2.75, 3.05) is 0 Å². The lowest BCUT2D eigenvalue weighted by Crippen LogP contribution is -2.17. The first-order valence-electron chi connectivity index (χ1n) is 4.27. The lowest BCUT2D eigenvalue weighted by atomic mass is 10.2. The van der Waals surface area contributed by atoms with E-state index in [1.807, 2.05) is 0 Å². The van der Waals surface area contributed by atoms with Crippen molar-refractivity contribution in [3.05, 3.63) is 34.9 Å². The van der Waals surface area contributed by atoms with Crippen LogP contribution >= 0.6 is 11.6 Å². The minimum atomic E-state index is -1.06. The summed E-state index contributed by atoms with van der Waals surface area (Å²) in [6.07, 6.45) is 0.450. The van der Waals surface area contributed by atoms with E-state index >= 15 is 0 Å². The fourth-order valence-corrected chi connectivity index (χ4v) is 1.01.